The number of fused-ring (bicyclic) bond motifs is 3. The number of rotatable bonds is 1. The monoisotopic (exact) mass is 240 g/mol. The predicted molar refractivity (Wildman–Crippen MR) is 70.0 cm³/mol. The molecule has 18 heavy (non-hydrogen) atoms. The Hall–Kier alpha value is -1.58. The van der Waals surface area contributed by atoms with Crippen molar-refractivity contribution in [3.05, 3.63) is 53.9 Å². The first kappa shape index (κ1) is 10.4. The summed E-state index contributed by atoms with van der Waals surface area (Å²) >= 11 is 0. The molecule has 2 aromatic rings. The van der Waals surface area contributed by atoms with Gasteiger partial charge < -0.3 is 9.30 Å². The van der Waals surface area contributed by atoms with Crippen LogP contribution in [0.3, 0.4) is 0 Å². The fraction of sp³-hybridized carbons (Fsp3) is 0.333. The van der Waals surface area contributed by atoms with Gasteiger partial charge in [-0.1, -0.05) is 18.2 Å². The Labute approximate surface area is 107 Å². The Morgan fingerprint density at radius 2 is 1.83 bits per heavy atom. The summed E-state index contributed by atoms with van der Waals surface area (Å²) in [7, 11) is 0. The van der Waals surface area contributed by atoms with Crippen LogP contribution in [0, 0.1) is 0 Å². The molecule has 0 N–H and O–H groups in total. The number of morpholine rings is 1. The molecule has 0 aliphatic carbocycles. The molecule has 92 valence electrons. The zero-order valence-electron chi connectivity index (χ0n) is 10.2. The average Bonchev–Trinajstić information content (AvgIpc) is 2.99. The maximum Gasteiger partial charge on any atom is 0.0781 e. The third-order valence-electron chi connectivity index (χ3n) is 3.96. The molecule has 0 radical (unpaired) electrons. The van der Waals surface area contributed by atoms with Crippen LogP contribution < -0.4 is 0 Å². The third kappa shape index (κ3) is 1.38. The van der Waals surface area contributed by atoms with E-state index in [4.69, 9.17) is 4.74 Å². The van der Waals surface area contributed by atoms with Crippen molar-refractivity contribution in [3.63, 3.8) is 0 Å². The minimum atomic E-state index is 0.403. The highest BCUT2D eigenvalue weighted by atomic mass is 16.5. The Morgan fingerprint density at radius 3 is 2.72 bits per heavy atom. The van der Waals surface area contributed by atoms with E-state index >= 15 is 0 Å². The molecule has 1 aromatic heterocycles. The molecule has 0 bridgehead atoms. The lowest BCUT2D eigenvalue weighted by molar-refractivity contribution is 0.0242. The zero-order valence-corrected chi connectivity index (χ0v) is 10.2. The van der Waals surface area contributed by atoms with Gasteiger partial charge in [0.15, 0.2) is 0 Å². The first-order chi connectivity index (χ1) is 8.95. The van der Waals surface area contributed by atoms with Crippen LogP contribution in [0.2, 0.25) is 0 Å². The number of hydrogen-bond donors (Lipinski definition) is 0. The quantitative estimate of drug-likeness (QED) is 0.760. The van der Waals surface area contributed by atoms with E-state index in [9.17, 15) is 0 Å². The summed E-state index contributed by atoms with van der Waals surface area (Å²) in [5.74, 6) is 0. The van der Waals surface area contributed by atoms with Crippen LogP contribution >= 0.6 is 0 Å². The number of aromatic nitrogens is 1. The smallest absolute Gasteiger partial charge is 0.0781 e. The Bertz CT molecular complexity index is 569. The summed E-state index contributed by atoms with van der Waals surface area (Å²) in [6, 6.07) is 13.5. The van der Waals surface area contributed by atoms with Crippen LogP contribution in [-0.4, -0.2) is 35.8 Å². The maximum absolute atomic E-state index is 5.47. The maximum atomic E-state index is 5.47. The van der Waals surface area contributed by atoms with Crippen molar-refractivity contribution in [3.8, 4) is 5.69 Å². The fourth-order valence-electron chi connectivity index (χ4n) is 3.15. The molecule has 3 heterocycles. The topological polar surface area (TPSA) is 17.4 Å². The molecular weight excluding hydrogens is 224 g/mol. The van der Waals surface area contributed by atoms with Crippen molar-refractivity contribution in [1.82, 2.24) is 9.47 Å². The fourth-order valence-corrected chi connectivity index (χ4v) is 3.15. The minimum Gasteiger partial charge on any atom is -0.379 e. The van der Waals surface area contributed by atoms with Crippen LogP contribution in [0.15, 0.2) is 42.6 Å². The standard InChI is InChI=1S/C15H16N2O/c1-2-5-13-12(4-1)15(14-6-3-7-17(13)14)16-8-10-18-11-9-16/h1-7,15H,8-11H2. The predicted octanol–water partition coefficient (Wildman–Crippen LogP) is 2.21. The van der Waals surface area contributed by atoms with E-state index in [-0.39, 0.29) is 0 Å². The third-order valence-corrected chi connectivity index (χ3v) is 3.96. The normalized spacial score (nSPS) is 22.8. The lowest BCUT2D eigenvalue weighted by Crippen LogP contribution is -2.38. The largest absolute Gasteiger partial charge is 0.379 e. The molecule has 1 unspecified atom stereocenters. The van der Waals surface area contributed by atoms with Crippen molar-refractivity contribution in [2.45, 2.75) is 6.04 Å². The lowest BCUT2D eigenvalue weighted by atomic mass is 10.0. The molecule has 1 saturated heterocycles. The number of hydrogen-bond acceptors (Lipinski definition) is 2. The summed E-state index contributed by atoms with van der Waals surface area (Å²) in [6.07, 6.45) is 2.16. The molecule has 0 saturated carbocycles. The minimum absolute atomic E-state index is 0.403. The molecule has 0 amide bonds. The van der Waals surface area contributed by atoms with Gasteiger partial charge in [0.05, 0.1) is 24.9 Å². The summed E-state index contributed by atoms with van der Waals surface area (Å²) < 4.78 is 7.78. The van der Waals surface area contributed by atoms with Gasteiger partial charge in [-0.2, -0.15) is 0 Å². The molecule has 2 aliphatic rings. The molecule has 1 fully saturated rings. The number of nitrogens with zero attached hydrogens (tertiary/aromatic N) is 2. The van der Waals surface area contributed by atoms with E-state index < -0.39 is 0 Å². The van der Waals surface area contributed by atoms with E-state index in [2.05, 4.69) is 52.1 Å². The van der Waals surface area contributed by atoms with Crippen molar-refractivity contribution in [2.75, 3.05) is 26.3 Å². The van der Waals surface area contributed by atoms with Gasteiger partial charge in [0.1, 0.15) is 0 Å². The summed E-state index contributed by atoms with van der Waals surface area (Å²) in [6.45, 7) is 3.73. The second-order valence-corrected chi connectivity index (χ2v) is 4.91. The molecule has 1 aromatic carbocycles. The molecule has 1 atom stereocenters. The highest BCUT2D eigenvalue weighted by molar-refractivity contribution is 5.53. The van der Waals surface area contributed by atoms with Gasteiger partial charge >= 0.3 is 0 Å². The van der Waals surface area contributed by atoms with Gasteiger partial charge in [0, 0.05) is 25.0 Å². The molecule has 2 aliphatic heterocycles. The first-order valence-corrected chi connectivity index (χ1v) is 6.53. The summed E-state index contributed by atoms with van der Waals surface area (Å²) in [4.78, 5) is 2.53. The molecule has 3 heteroatoms. The van der Waals surface area contributed by atoms with Crippen LogP contribution in [-0.2, 0) is 4.74 Å². The van der Waals surface area contributed by atoms with Crippen LogP contribution in [0.4, 0.5) is 0 Å². The van der Waals surface area contributed by atoms with Gasteiger partial charge in [0.25, 0.3) is 0 Å². The van der Waals surface area contributed by atoms with Gasteiger partial charge in [0.2, 0.25) is 0 Å². The molecule has 0 spiro atoms. The number of ether oxygens (including phenoxy) is 1. The first-order valence-electron chi connectivity index (χ1n) is 6.53. The molecule has 3 nitrogen and oxygen atoms in total. The Kier molecular flexibility index (Phi) is 2.28. The van der Waals surface area contributed by atoms with Crippen LogP contribution in [0.5, 0.6) is 0 Å². The molecule has 4 rings (SSSR count). The van der Waals surface area contributed by atoms with E-state index in [1.807, 2.05) is 0 Å². The summed E-state index contributed by atoms with van der Waals surface area (Å²) in [5.41, 5.74) is 4.14. The second-order valence-electron chi connectivity index (χ2n) is 4.91. The lowest BCUT2D eigenvalue weighted by Gasteiger charge is -2.32. The SMILES string of the molecule is c1ccc2c(c1)C(N1CCOCC1)c1cccn1-2. The highest BCUT2D eigenvalue weighted by Gasteiger charge is 2.33. The van der Waals surface area contributed by atoms with E-state index in [0.29, 0.717) is 6.04 Å². The van der Waals surface area contributed by atoms with Crippen molar-refractivity contribution >= 4 is 0 Å². The summed E-state index contributed by atoms with van der Waals surface area (Å²) in [5, 5.41) is 0. The highest BCUT2D eigenvalue weighted by Crippen LogP contribution is 2.40. The van der Waals surface area contributed by atoms with Crippen molar-refractivity contribution < 1.29 is 4.74 Å². The Balaban J connectivity index is 1.83. The van der Waals surface area contributed by atoms with Gasteiger partial charge in [-0.3, -0.25) is 4.90 Å². The van der Waals surface area contributed by atoms with E-state index in [0.717, 1.165) is 26.3 Å². The van der Waals surface area contributed by atoms with Crippen LogP contribution in [0.25, 0.3) is 5.69 Å². The van der Waals surface area contributed by atoms with Crippen LogP contribution in [0.1, 0.15) is 17.3 Å². The number of benzene rings is 1. The van der Waals surface area contributed by atoms with Gasteiger partial charge in [-0.25, -0.2) is 0 Å². The van der Waals surface area contributed by atoms with Crippen molar-refractivity contribution in [1.29, 1.82) is 0 Å². The Morgan fingerprint density at radius 1 is 1.00 bits per heavy atom. The van der Waals surface area contributed by atoms with Crippen molar-refractivity contribution in [2.24, 2.45) is 0 Å². The molecular formula is C15H16N2O. The number of para-hydroxylation sites is 1. The average molecular weight is 240 g/mol. The second kappa shape index (κ2) is 3.97. The van der Waals surface area contributed by atoms with E-state index in [1.54, 1.807) is 0 Å². The zero-order chi connectivity index (χ0) is 11.9. The van der Waals surface area contributed by atoms with Gasteiger partial charge in [-0.15, -0.1) is 0 Å². The van der Waals surface area contributed by atoms with E-state index in [1.165, 1.54) is 16.9 Å². The van der Waals surface area contributed by atoms with Gasteiger partial charge in [-0.05, 0) is 23.8 Å².